The molecule has 1 aliphatic heterocycles. The summed E-state index contributed by atoms with van der Waals surface area (Å²) >= 11 is 0. The number of aromatic amines is 1. The van der Waals surface area contributed by atoms with Crippen molar-refractivity contribution in [2.75, 3.05) is 13.1 Å². The average Bonchev–Trinajstić information content (AvgIpc) is 3.59. The Labute approximate surface area is 185 Å². The number of piperidine rings is 1. The highest BCUT2D eigenvalue weighted by molar-refractivity contribution is 5.93. The molecule has 1 aromatic carbocycles. The Balaban J connectivity index is 1.28. The van der Waals surface area contributed by atoms with Gasteiger partial charge in [-0.2, -0.15) is 18.3 Å². The van der Waals surface area contributed by atoms with Gasteiger partial charge in [-0.05, 0) is 49.2 Å². The van der Waals surface area contributed by atoms with E-state index in [2.05, 4.69) is 20.4 Å². The number of alkyl halides is 3. The van der Waals surface area contributed by atoms with E-state index in [0.717, 1.165) is 25.0 Å². The van der Waals surface area contributed by atoms with Crippen molar-refractivity contribution in [3.05, 3.63) is 65.9 Å². The monoisotopic (exact) mass is 457 g/mol. The summed E-state index contributed by atoms with van der Waals surface area (Å²) in [6.07, 6.45) is -1.39. The first kappa shape index (κ1) is 21.0. The third kappa shape index (κ3) is 4.26. The zero-order valence-corrected chi connectivity index (χ0v) is 17.2. The quantitative estimate of drug-likeness (QED) is 0.474. The summed E-state index contributed by atoms with van der Waals surface area (Å²) in [4.78, 5) is 14.6. The second-order valence-corrected chi connectivity index (χ2v) is 7.76. The van der Waals surface area contributed by atoms with Crippen molar-refractivity contribution in [2.24, 2.45) is 0 Å². The third-order valence-electron chi connectivity index (χ3n) is 5.54. The number of rotatable bonds is 4. The first-order chi connectivity index (χ1) is 15.9. The Kier molecular flexibility index (Phi) is 5.23. The molecule has 1 fully saturated rings. The lowest BCUT2D eigenvalue weighted by atomic mass is 9.98. The number of carbonyl (C=O) groups is 1. The van der Waals surface area contributed by atoms with Crippen molar-refractivity contribution in [3.8, 4) is 22.9 Å². The first-order valence-corrected chi connectivity index (χ1v) is 10.3. The number of likely N-dealkylation sites (tertiary alicyclic amines) is 1. The Morgan fingerprint density at radius 1 is 1.15 bits per heavy atom. The Bertz CT molecular complexity index is 1250. The van der Waals surface area contributed by atoms with Crippen LogP contribution in [0.25, 0.3) is 22.9 Å². The molecule has 0 bridgehead atoms. The van der Waals surface area contributed by atoms with Crippen molar-refractivity contribution < 1.29 is 26.8 Å². The van der Waals surface area contributed by atoms with Crippen LogP contribution in [0.15, 0.2) is 57.6 Å². The van der Waals surface area contributed by atoms with E-state index >= 15 is 0 Å². The second-order valence-electron chi connectivity index (χ2n) is 7.76. The Morgan fingerprint density at radius 3 is 2.70 bits per heavy atom. The van der Waals surface area contributed by atoms with Gasteiger partial charge in [0.15, 0.2) is 11.5 Å². The summed E-state index contributed by atoms with van der Waals surface area (Å²) in [5.41, 5.74) is 0.529. The maximum atomic E-state index is 13.0. The molecule has 1 N–H and O–H groups in total. The fourth-order valence-corrected chi connectivity index (χ4v) is 3.83. The molecule has 1 aliphatic rings. The van der Waals surface area contributed by atoms with Crippen LogP contribution in [0, 0.1) is 0 Å². The van der Waals surface area contributed by atoms with Crippen LogP contribution in [0.3, 0.4) is 0 Å². The summed E-state index contributed by atoms with van der Waals surface area (Å²) in [5, 5.41) is 15.0. The molecule has 0 aliphatic carbocycles. The maximum absolute atomic E-state index is 13.0. The normalized spacial score (nSPS) is 16.8. The number of nitrogens with one attached hydrogen (secondary N) is 1. The molecule has 1 saturated heterocycles. The molecular formula is C22H18F3N5O3. The van der Waals surface area contributed by atoms with E-state index in [4.69, 9.17) is 8.83 Å². The van der Waals surface area contributed by atoms with E-state index in [-0.39, 0.29) is 23.4 Å². The lowest BCUT2D eigenvalue weighted by molar-refractivity contribution is -0.137. The van der Waals surface area contributed by atoms with Gasteiger partial charge in [-0.15, -0.1) is 10.2 Å². The highest BCUT2D eigenvalue weighted by atomic mass is 19.4. The van der Waals surface area contributed by atoms with Crippen molar-refractivity contribution in [1.82, 2.24) is 25.3 Å². The van der Waals surface area contributed by atoms with Gasteiger partial charge in [0.05, 0.1) is 17.7 Å². The lowest BCUT2D eigenvalue weighted by Gasteiger charge is -2.30. The predicted octanol–water partition coefficient (Wildman–Crippen LogP) is 4.76. The maximum Gasteiger partial charge on any atom is 0.416 e. The average molecular weight is 457 g/mol. The minimum absolute atomic E-state index is 0.137. The number of carbonyl (C=O) groups excluding carboxylic acids is 1. The molecule has 0 spiro atoms. The first-order valence-electron chi connectivity index (χ1n) is 10.3. The van der Waals surface area contributed by atoms with Gasteiger partial charge in [0.25, 0.3) is 5.91 Å². The molecule has 11 heteroatoms. The van der Waals surface area contributed by atoms with Crippen LogP contribution >= 0.6 is 0 Å². The number of hydrogen-bond acceptors (Lipinski definition) is 6. The predicted molar refractivity (Wildman–Crippen MR) is 109 cm³/mol. The molecule has 5 rings (SSSR count). The Morgan fingerprint density at radius 2 is 1.97 bits per heavy atom. The van der Waals surface area contributed by atoms with Gasteiger partial charge >= 0.3 is 6.18 Å². The number of furan rings is 1. The minimum Gasteiger partial charge on any atom is -0.463 e. The van der Waals surface area contributed by atoms with E-state index < -0.39 is 11.7 Å². The highest BCUT2D eigenvalue weighted by Gasteiger charge is 2.31. The fourth-order valence-electron chi connectivity index (χ4n) is 3.83. The molecule has 4 heterocycles. The zero-order chi connectivity index (χ0) is 23.0. The van der Waals surface area contributed by atoms with Crippen LogP contribution in [0.2, 0.25) is 0 Å². The molecule has 1 unspecified atom stereocenters. The molecule has 1 atom stereocenters. The van der Waals surface area contributed by atoms with Gasteiger partial charge in [-0.25, -0.2) is 0 Å². The summed E-state index contributed by atoms with van der Waals surface area (Å²) in [6, 6.07) is 9.69. The highest BCUT2D eigenvalue weighted by Crippen LogP contribution is 2.32. The van der Waals surface area contributed by atoms with Gasteiger partial charge in [0, 0.05) is 24.7 Å². The van der Waals surface area contributed by atoms with Crippen LogP contribution in [-0.4, -0.2) is 44.3 Å². The fraction of sp³-hybridized carbons (Fsp3) is 0.273. The number of halogens is 3. The number of hydrogen-bond donors (Lipinski definition) is 1. The van der Waals surface area contributed by atoms with Crippen LogP contribution < -0.4 is 0 Å². The Hall–Kier alpha value is -3.89. The number of amides is 1. The largest absolute Gasteiger partial charge is 0.463 e. The molecule has 1 amide bonds. The van der Waals surface area contributed by atoms with Gasteiger partial charge in [0.1, 0.15) is 5.69 Å². The van der Waals surface area contributed by atoms with Crippen molar-refractivity contribution >= 4 is 5.91 Å². The van der Waals surface area contributed by atoms with Crippen LogP contribution in [0.5, 0.6) is 0 Å². The van der Waals surface area contributed by atoms with E-state index in [9.17, 15) is 18.0 Å². The van der Waals surface area contributed by atoms with Gasteiger partial charge in [0.2, 0.25) is 11.8 Å². The zero-order valence-electron chi connectivity index (χ0n) is 17.2. The van der Waals surface area contributed by atoms with Crippen molar-refractivity contribution in [2.45, 2.75) is 24.9 Å². The molecular weight excluding hydrogens is 439 g/mol. The SMILES string of the molecule is O=C(c1cc(-c2ccco2)[nH]n1)N1CCCC(c2nnc(-c3ccc(C(F)(F)F)cc3)o2)C1. The standard InChI is InChI=1S/C22H18F3N5O3/c23-22(24,25)15-7-5-13(6-8-15)19-28-29-20(33-19)14-3-1-9-30(12-14)21(31)17-11-16(26-27-17)18-4-2-10-32-18/h2,4-8,10-11,14H,1,3,9,12H2,(H,26,27). The topological polar surface area (TPSA) is 101 Å². The number of benzene rings is 1. The molecule has 3 aromatic heterocycles. The van der Waals surface area contributed by atoms with Gasteiger partial charge < -0.3 is 13.7 Å². The third-order valence-corrected chi connectivity index (χ3v) is 5.54. The van der Waals surface area contributed by atoms with Gasteiger partial charge in [-0.3, -0.25) is 9.89 Å². The van der Waals surface area contributed by atoms with E-state index in [0.29, 0.717) is 36.0 Å². The summed E-state index contributed by atoms with van der Waals surface area (Å²) < 4.78 is 49.4. The molecule has 8 nitrogen and oxygen atoms in total. The number of nitrogens with zero attached hydrogens (tertiary/aromatic N) is 4. The van der Waals surface area contributed by atoms with E-state index in [1.807, 2.05) is 0 Å². The lowest BCUT2D eigenvalue weighted by Crippen LogP contribution is -2.39. The number of H-pyrrole nitrogens is 1. The molecule has 0 radical (unpaired) electrons. The van der Waals surface area contributed by atoms with Crippen molar-refractivity contribution in [1.29, 1.82) is 0 Å². The second kappa shape index (κ2) is 8.23. The molecule has 170 valence electrons. The van der Waals surface area contributed by atoms with E-state index in [1.54, 1.807) is 23.1 Å². The summed E-state index contributed by atoms with van der Waals surface area (Å²) in [5.74, 6) is 0.663. The van der Waals surface area contributed by atoms with Crippen LogP contribution in [-0.2, 0) is 6.18 Å². The molecule has 33 heavy (non-hydrogen) atoms. The minimum atomic E-state index is -4.41. The molecule has 4 aromatic rings. The smallest absolute Gasteiger partial charge is 0.416 e. The van der Waals surface area contributed by atoms with Crippen LogP contribution in [0.4, 0.5) is 13.2 Å². The van der Waals surface area contributed by atoms with Gasteiger partial charge in [-0.1, -0.05) is 0 Å². The van der Waals surface area contributed by atoms with E-state index in [1.165, 1.54) is 18.4 Å². The van der Waals surface area contributed by atoms with Crippen LogP contribution in [0.1, 0.15) is 40.7 Å². The summed E-state index contributed by atoms with van der Waals surface area (Å²) in [6.45, 7) is 0.939. The summed E-state index contributed by atoms with van der Waals surface area (Å²) in [7, 11) is 0. The molecule has 0 saturated carbocycles. The van der Waals surface area contributed by atoms with Crippen molar-refractivity contribution in [3.63, 3.8) is 0 Å². The number of aromatic nitrogens is 4.